The Morgan fingerprint density at radius 1 is 1.33 bits per heavy atom. The molecule has 0 fully saturated rings. The Bertz CT molecular complexity index is 502. The minimum Gasteiger partial charge on any atom is -0.467 e. The fourth-order valence-corrected chi connectivity index (χ4v) is 2.06. The van der Waals surface area contributed by atoms with Crippen molar-refractivity contribution in [1.29, 1.82) is 0 Å². The molecular weight excluding hydrogens is 228 g/mol. The molecule has 1 aromatic rings. The van der Waals surface area contributed by atoms with E-state index in [0.29, 0.717) is 0 Å². The maximum atomic E-state index is 11.6. The molecule has 0 spiro atoms. The van der Waals surface area contributed by atoms with Crippen LogP contribution in [0.5, 0.6) is 0 Å². The maximum Gasteiger partial charge on any atom is 0.342 e. The summed E-state index contributed by atoms with van der Waals surface area (Å²) in [4.78, 5) is 11.6. The van der Waals surface area contributed by atoms with E-state index in [1.807, 2.05) is 36.4 Å². The van der Waals surface area contributed by atoms with Crippen LogP contribution >= 0.6 is 0 Å². The average Bonchev–Trinajstić information content (AvgIpc) is 2.42. The predicted octanol–water partition coefficient (Wildman–Crippen LogP) is 2.18. The summed E-state index contributed by atoms with van der Waals surface area (Å²) in [6.07, 6.45) is 5.14. The van der Waals surface area contributed by atoms with Crippen LogP contribution in [0.4, 0.5) is 0 Å². The van der Waals surface area contributed by atoms with Crippen molar-refractivity contribution in [1.82, 2.24) is 0 Å². The van der Waals surface area contributed by atoms with Gasteiger partial charge >= 0.3 is 5.97 Å². The lowest BCUT2D eigenvalue weighted by Gasteiger charge is -2.29. The van der Waals surface area contributed by atoms with E-state index in [2.05, 4.69) is 4.74 Å². The van der Waals surface area contributed by atoms with Crippen LogP contribution in [-0.2, 0) is 9.53 Å². The molecule has 1 aliphatic rings. The van der Waals surface area contributed by atoms with Gasteiger partial charge in [-0.05, 0) is 17.2 Å². The van der Waals surface area contributed by atoms with Crippen LogP contribution in [0.3, 0.4) is 0 Å². The number of esters is 1. The molecule has 1 aromatic carbocycles. The molecule has 2 unspecified atom stereocenters. The van der Waals surface area contributed by atoms with Gasteiger partial charge in [0, 0.05) is 5.92 Å². The number of ether oxygens (including phenoxy) is 1. The first-order chi connectivity index (χ1) is 8.58. The van der Waals surface area contributed by atoms with Gasteiger partial charge in [0.25, 0.3) is 0 Å². The van der Waals surface area contributed by atoms with E-state index in [9.17, 15) is 9.90 Å². The Balaban J connectivity index is 2.30. The van der Waals surface area contributed by atoms with Gasteiger partial charge in [-0.15, -0.1) is 0 Å². The highest BCUT2D eigenvalue weighted by Crippen LogP contribution is 2.32. The molecule has 3 nitrogen and oxygen atoms in total. The number of aliphatic hydroxyl groups is 1. The van der Waals surface area contributed by atoms with Gasteiger partial charge in [-0.25, -0.2) is 4.79 Å². The second-order valence-corrected chi connectivity index (χ2v) is 4.43. The maximum absolute atomic E-state index is 11.6. The minimum absolute atomic E-state index is 0.329. The SMILES string of the molecule is COC(=O)C1(O)C=CC(c2ccccc2)=CC1C. The number of carbonyl (C=O) groups is 1. The summed E-state index contributed by atoms with van der Waals surface area (Å²) >= 11 is 0. The molecule has 18 heavy (non-hydrogen) atoms. The number of carbonyl (C=O) groups excluding carboxylic acids is 1. The van der Waals surface area contributed by atoms with E-state index in [-0.39, 0.29) is 5.92 Å². The number of benzene rings is 1. The highest BCUT2D eigenvalue weighted by molar-refractivity contribution is 5.87. The molecule has 0 aliphatic heterocycles. The first-order valence-corrected chi connectivity index (χ1v) is 5.85. The number of hydrogen-bond donors (Lipinski definition) is 1. The van der Waals surface area contributed by atoms with E-state index < -0.39 is 11.6 Å². The van der Waals surface area contributed by atoms with Crippen LogP contribution in [-0.4, -0.2) is 23.8 Å². The van der Waals surface area contributed by atoms with E-state index in [0.717, 1.165) is 11.1 Å². The third-order valence-electron chi connectivity index (χ3n) is 3.26. The summed E-state index contributed by atoms with van der Waals surface area (Å²) in [5.74, 6) is -0.959. The molecule has 2 rings (SSSR count). The Hall–Kier alpha value is -1.87. The fourth-order valence-electron chi connectivity index (χ4n) is 2.06. The zero-order chi connectivity index (χ0) is 13.2. The summed E-state index contributed by atoms with van der Waals surface area (Å²) in [5, 5.41) is 10.3. The fraction of sp³-hybridized carbons (Fsp3) is 0.267. The van der Waals surface area contributed by atoms with Crippen LogP contribution in [0.25, 0.3) is 5.57 Å². The van der Waals surface area contributed by atoms with Crippen molar-refractivity contribution in [2.75, 3.05) is 7.11 Å². The molecule has 1 aliphatic carbocycles. The van der Waals surface area contributed by atoms with Crippen LogP contribution in [0.2, 0.25) is 0 Å². The molecule has 1 N–H and O–H groups in total. The quantitative estimate of drug-likeness (QED) is 0.811. The molecule has 3 heteroatoms. The van der Waals surface area contributed by atoms with E-state index in [1.165, 1.54) is 13.2 Å². The van der Waals surface area contributed by atoms with Gasteiger partial charge in [-0.3, -0.25) is 0 Å². The molecule has 0 saturated heterocycles. The van der Waals surface area contributed by atoms with Crippen molar-refractivity contribution >= 4 is 11.5 Å². The largest absolute Gasteiger partial charge is 0.467 e. The van der Waals surface area contributed by atoms with Crippen molar-refractivity contribution < 1.29 is 14.6 Å². The van der Waals surface area contributed by atoms with Crippen molar-refractivity contribution in [3.8, 4) is 0 Å². The average molecular weight is 244 g/mol. The molecule has 2 atom stereocenters. The Kier molecular flexibility index (Phi) is 3.34. The van der Waals surface area contributed by atoms with Gasteiger partial charge < -0.3 is 9.84 Å². The van der Waals surface area contributed by atoms with Gasteiger partial charge in [0.2, 0.25) is 0 Å². The highest BCUT2D eigenvalue weighted by atomic mass is 16.5. The van der Waals surface area contributed by atoms with Gasteiger partial charge in [0.15, 0.2) is 5.60 Å². The summed E-state index contributed by atoms with van der Waals surface area (Å²) in [7, 11) is 1.28. The van der Waals surface area contributed by atoms with E-state index in [1.54, 1.807) is 13.0 Å². The zero-order valence-electron chi connectivity index (χ0n) is 10.5. The van der Waals surface area contributed by atoms with E-state index in [4.69, 9.17) is 0 Å². The van der Waals surface area contributed by atoms with Gasteiger partial charge in [0.05, 0.1) is 7.11 Å². The third kappa shape index (κ3) is 2.09. The lowest BCUT2D eigenvalue weighted by atomic mass is 9.81. The van der Waals surface area contributed by atoms with Crippen LogP contribution < -0.4 is 0 Å². The summed E-state index contributed by atoms with van der Waals surface area (Å²) in [5.41, 5.74) is 0.497. The molecule has 0 amide bonds. The Labute approximate surface area is 106 Å². The number of hydrogen-bond acceptors (Lipinski definition) is 3. The normalized spacial score (nSPS) is 26.6. The second-order valence-electron chi connectivity index (χ2n) is 4.43. The topological polar surface area (TPSA) is 46.5 Å². The minimum atomic E-state index is -1.56. The first kappa shape index (κ1) is 12.6. The van der Waals surface area contributed by atoms with Crippen molar-refractivity contribution in [3.05, 3.63) is 54.1 Å². The van der Waals surface area contributed by atoms with Gasteiger partial charge in [-0.2, -0.15) is 0 Å². The molecule has 0 bridgehead atoms. The summed E-state index contributed by atoms with van der Waals surface area (Å²) < 4.78 is 4.63. The number of rotatable bonds is 2. The third-order valence-corrected chi connectivity index (χ3v) is 3.26. The predicted molar refractivity (Wildman–Crippen MR) is 69.7 cm³/mol. The number of methoxy groups -OCH3 is 1. The highest BCUT2D eigenvalue weighted by Gasteiger charge is 2.41. The standard InChI is InChI=1S/C15H16O3/c1-11-10-13(12-6-4-3-5-7-12)8-9-15(11,17)14(16)18-2/h3-11,17H,1-2H3. The van der Waals surface area contributed by atoms with Crippen LogP contribution in [0.1, 0.15) is 12.5 Å². The molecular formula is C15H16O3. The molecule has 94 valence electrons. The molecule has 0 heterocycles. The van der Waals surface area contributed by atoms with Gasteiger partial charge in [-0.1, -0.05) is 49.4 Å². The summed E-state index contributed by atoms with van der Waals surface area (Å²) in [6, 6.07) is 9.84. The van der Waals surface area contributed by atoms with Crippen molar-refractivity contribution in [3.63, 3.8) is 0 Å². The number of allylic oxidation sites excluding steroid dienone is 2. The van der Waals surface area contributed by atoms with E-state index >= 15 is 0 Å². The van der Waals surface area contributed by atoms with Crippen molar-refractivity contribution in [2.24, 2.45) is 5.92 Å². The second kappa shape index (κ2) is 4.78. The molecule has 0 radical (unpaired) electrons. The Morgan fingerprint density at radius 3 is 2.56 bits per heavy atom. The monoisotopic (exact) mass is 244 g/mol. The lowest BCUT2D eigenvalue weighted by Crippen LogP contribution is -2.44. The molecule has 0 saturated carbocycles. The van der Waals surface area contributed by atoms with Crippen LogP contribution in [0.15, 0.2) is 48.6 Å². The lowest BCUT2D eigenvalue weighted by molar-refractivity contribution is -0.160. The molecule has 0 aromatic heterocycles. The smallest absolute Gasteiger partial charge is 0.342 e. The zero-order valence-corrected chi connectivity index (χ0v) is 10.5. The van der Waals surface area contributed by atoms with Crippen molar-refractivity contribution in [2.45, 2.75) is 12.5 Å². The summed E-state index contributed by atoms with van der Waals surface area (Å²) in [6.45, 7) is 1.80. The first-order valence-electron chi connectivity index (χ1n) is 5.85. The Morgan fingerprint density at radius 2 is 2.00 bits per heavy atom. The van der Waals surface area contributed by atoms with Gasteiger partial charge in [0.1, 0.15) is 0 Å². The van der Waals surface area contributed by atoms with Crippen LogP contribution in [0, 0.1) is 5.92 Å².